The second-order valence-electron chi connectivity index (χ2n) is 8.57. The molecule has 176 valence electrons. The molecule has 0 unspecified atom stereocenters. The van der Waals surface area contributed by atoms with E-state index in [0.717, 1.165) is 63.5 Å². The summed E-state index contributed by atoms with van der Waals surface area (Å²) in [5.74, 6) is 0.377. The smallest absolute Gasteiger partial charge is 0.339 e. The van der Waals surface area contributed by atoms with E-state index in [1.807, 2.05) is 36.4 Å². The fraction of sp³-hybridized carbons (Fsp3) is 0.480. The van der Waals surface area contributed by atoms with Gasteiger partial charge in [0, 0.05) is 51.5 Å². The summed E-state index contributed by atoms with van der Waals surface area (Å²) in [5, 5.41) is 0. The molecule has 0 spiro atoms. The lowest BCUT2D eigenvalue weighted by Crippen LogP contribution is -2.54. The van der Waals surface area contributed by atoms with Crippen LogP contribution in [0.2, 0.25) is 0 Å². The maximum absolute atomic E-state index is 12.2. The average molecular weight is 453 g/mol. The standard InChI is InChI=1S/C25H32N4O4/c1-32-25(31)21-7-8-23(26-17-21)29-11-9-22(10-12-29)28-15-13-27(14-16-28)18-24(30)33-19-20-5-3-2-4-6-20/h2-8,17,22H,9-16,18-19H2,1H3. The molecule has 0 amide bonds. The summed E-state index contributed by atoms with van der Waals surface area (Å²) < 4.78 is 10.2. The van der Waals surface area contributed by atoms with Crippen molar-refractivity contribution in [2.24, 2.45) is 0 Å². The van der Waals surface area contributed by atoms with Crippen molar-refractivity contribution in [3.05, 3.63) is 59.8 Å². The number of methoxy groups -OCH3 is 1. The molecular weight excluding hydrogens is 420 g/mol. The van der Waals surface area contributed by atoms with Gasteiger partial charge in [-0.2, -0.15) is 0 Å². The van der Waals surface area contributed by atoms with Crippen LogP contribution in [0.1, 0.15) is 28.8 Å². The second kappa shape index (κ2) is 11.2. The molecule has 2 aliphatic heterocycles. The highest BCUT2D eigenvalue weighted by Crippen LogP contribution is 2.22. The lowest BCUT2D eigenvalue weighted by Gasteiger charge is -2.42. The van der Waals surface area contributed by atoms with Crippen molar-refractivity contribution < 1.29 is 19.1 Å². The predicted molar refractivity (Wildman–Crippen MR) is 125 cm³/mol. The third kappa shape index (κ3) is 6.30. The fourth-order valence-electron chi connectivity index (χ4n) is 4.52. The Hall–Kier alpha value is -2.97. The van der Waals surface area contributed by atoms with E-state index in [0.29, 0.717) is 24.8 Å². The van der Waals surface area contributed by atoms with Gasteiger partial charge in [0.05, 0.1) is 19.2 Å². The number of ether oxygens (including phenoxy) is 2. The Morgan fingerprint density at radius 2 is 1.70 bits per heavy atom. The van der Waals surface area contributed by atoms with Crippen LogP contribution in [0.3, 0.4) is 0 Å². The lowest BCUT2D eigenvalue weighted by molar-refractivity contribution is -0.146. The summed E-state index contributed by atoms with van der Waals surface area (Å²) in [5.41, 5.74) is 1.48. The van der Waals surface area contributed by atoms with Crippen LogP contribution >= 0.6 is 0 Å². The van der Waals surface area contributed by atoms with Gasteiger partial charge in [0.2, 0.25) is 0 Å². The Labute approximate surface area is 195 Å². The van der Waals surface area contributed by atoms with Crippen LogP contribution in [0, 0.1) is 0 Å². The fourth-order valence-corrected chi connectivity index (χ4v) is 4.52. The third-order valence-electron chi connectivity index (χ3n) is 6.48. The summed E-state index contributed by atoms with van der Waals surface area (Å²) in [4.78, 5) is 35.2. The Morgan fingerprint density at radius 1 is 0.970 bits per heavy atom. The molecule has 33 heavy (non-hydrogen) atoms. The van der Waals surface area contributed by atoms with Gasteiger partial charge in [-0.15, -0.1) is 0 Å². The molecule has 1 aromatic heterocycles. The number of piperidine rings is 1. The minimum absolute atomic E-state index is 0.161. The molecule has 2 aromatic rings. The van der Waals surface area contributed by atoms with Gasteiger partial charge in [-0.25, -0.2) is 9.78 Å². The molecule has 0 radical (unpaired) electrons. The summed E-state index contributed by atoms with van der Waals surface area (Å²) in [6, 6.07) is 14.0. The van der Waals surface area contributed by atoms with Crippen LogP contribution in [0.4, 0.5) is 5.82 Å². The van der Waals surface area contributed by atoms with Gasteiger partial charge in [0.25, 0.3) is 0 Å². The first-order valence-electron chi connectivity index (χ1n) is 11.6. The summed E-state index contributed by atoms with van der Waals surface area (Å²) >= 11 is 0. The molecule has 8 heteroatoms. The molecule has 2 aliphatic rings. The maximum atomic E-state index is 12.2. The molecule has 3 heterocycles. The molecular formula is C25H32N4O4. The summed E-state index contributed by atoms with van der Waals surface area (Å²) in [6.07, 6.45) is 3.75. The first kappa shape index (κ1) is 23.2. The van der Waals surface area contributed by atoms with Crippen molar-refractivity contribution in [2.75, 3.05) is 57.8 Å². The lowest BCUT2D eigenvalue weighted by atomic mass is 10.0. The highest BCUT2D eigenvalue weighted by Gasteiger charge is 2.28. The molecule has 0 saturated carbocycles. The zero-order chi connectivity index (χ0) is 23.0. The zero-order valence-corrected chi connectivity index (χ0v) is 19.2. The number of carbonyl (C=O) groups excluding carboxylic acids is 2. The SMILES string of the molecule is COC(=O)c1ccc(N2CCC(N3CCN(CC(=O)OCc4ccccc4)CC3)CC2)nc1. The number of esters is 2. The molecule has 8 nitrogen and oxygen atoms in total. The molecule has 0 N–H and O–H groups in total. The van der Waals surface area contributed by atoms with E-state index < -0.39 is 0 Å². The first-order chi connectivity index (χ1) is 16.1. The second-order valence-corrected chi connectivity index (χ2v) is 8.57. The quantitative estimate of drug-likeness (QED) is 0.592. The van der Waals surface area contributed by atoms with Gasteiger partial charge >= 0.3 is 11.9 Å². The van der Waals surface area contributed by atoms with E-state index in [4.69, 9.17) is 9.47 Å². The highest BCUT2D eigenvalue weighted by molar-refractivity contribution is 5.89. The van der Waals surface area contributed by atoms with Crippen LogP contribution in [-0.4, -0.2) is 85.7 Å². The van der Waals surface area contributed by atoms with Crippen molar-refractivity contribution in [3.63, 3.8) is 0 Å². The van der Waals surface area contributed by atoms with E-state index in [9.17, 15) is 9.59 Å². The van der Waals surface area contributed by atoms with Crippen LogP contribution in [-0.2, 0) is 20.9 Å². The molecule has 2 fully saturated rings. The minimum atomic E-state index is -0.364. The Morgan fingerprint density at radius 3 is 2.33 bits per heavy atom. The monoisotopic (exact) mass is 452 g/mol. The number of carbonyl (C=O) groups is 2. The number of anilines is 1. The van der Waals surface area contributed by atoms with Gasteiger partial charge in [-0.1, -0.05) is 30.3 Å². The van der Waals surface area contributed by atoms with Crippen molar-refractivity contribution in [2.45, 2.75) is 25.5 Å². The molecule has 0 bridgehead atoms. The number of nitrogens with zero attached hydrogens (tertiary/aromatic N) is 4. The van der Waals surface area contributed by atoms with Gasteiger partial charge in [0.15, 0.2) is 0 Å². The minimum Gasteiger partial charge on any atom is -0.465 e. The molecule has 0 aliphatic carbocycles. The number of benzene rings is 1. The van der Waals surface area contributed by atoms with E-state index in [2.05, 4.69) is 19.7 Å². The average Bonchev–Trinajstić information content (AvgIpc) is 2.88. The van der Waals surface area contributed by atoms with Crippen LogP contribution in [0.5, 0.6) is 0 Å². The number of piperazine rings is 1. The zero-order valence-electron chi connectivity index (χ0n) is 19.2. The largest absolute Gasteiger partial charge is 0.465 e. The van der Waals surface area contributed by atoms with Gasteiger partial charge < -0.3 is 14.4 Å². The topological polar surface area (TPSA) is 75.2 Å². The summed E-state index contributed by atoms with van der Waals surface area (Å²) in [6.45, 7) is 6.30. The van der Waals surface area contributed by atoms with Crippen molar-refractivity contribution in [3.8, 4) is 0 Å². The van der Waals surface area contributed by atoms with Crippen molar-refractivity contribution in [1.82, 2.24) is 14.8 Å². The van der Waals surface area contributed by atoms with Crippen LogP contribution in [0.25, 0.3) is 0 Å². The Kier molecular flexibility index (Phi) is 7.91. The van der Waals surface area contributed by atoms with Crippen molar-refractivity contribution >= 4 is 17.8 Å². The van der Waals surface area contributed by atoms with Gasteiger partial charge in [-0.3, -0.25) is 14.6 Å². The number of pyridine rings is 1. The Bertz CT molecular complexity index is 906. The predicted octanol–water partition coefficient (Wildman–Crippen LogP) is 2.20. The number of aromatic nitrogens is 1. The van der Waals surface area contributed by atoms with E-state index in [-0.39, 0.29) is 11.9 Å². The Balaban J connectivity index is 1.16. The maximum Gasteiger partial charge on any atom is 0.339 e. The van der Waals surface area contributed by atoms with Crippen molar-refractivity contribution in [1.29, 1.82) is 0 Å². The normalized spacial score (nSPS) is 18.2. The van der Waals surface area contributed by atoms with Gasteiger partial charge in [-0.05, 0) is 30.5 Å². The number of rotatable bonds is 7. The number of hydrogen-bond acceptors (Lipinski definition) is 8. The van der Waals surface area contributed by atoms with Crippen LogP contribution in [0.15, 0.2) is 48.7 Å². The third-order valence-corrected chi connectivity index (χ3v) is 6.48. The number of hydrogen-bond donors (Lipinski definition) is 0. The molecule has 0 atom stereocenters. The highest BCUT2D eigenvalue weighted by atomic mass is 16.5. The molecule has 4 rings (SSSR count). The van der Waals surface area contributed by atoms with Crippen LogP contribution < -0.4 is 4.90 Å². The molecule has 1 aromatic carbocycles. The van der Waals surface area contributed by atoms with E-state index in [1.54, 1.807) is 12.3 Å². The van der Waals surface area contributed by atoms with E-state index >= 15 is 0 Å². The van der Waals surface area contributed by atoms with Gasteiger partial charge in [0.1, 0.15) is 12.4 Å². The summed E-state index contributed by atoms with van der Waals surface area (Å²) in [7, 11) is 1.37. The molecule has 2 saturated heterocycles. The first-order valence-corrected chi connectivity index (χ1v) is 11.6. The van der Waals surface area contributed by atoms with E-state index in [1.165, 1.54) is 7.11 Å².